The molecule has 2 aromatic heterocycles. The lowest BCUT2D eigenvalue weighted by Gasteiger charge is -2.18. The van der Waals surface area contributed by atoms with E-state index in [4.69, 9.17) is 15.1 Å². The van der Waals surface area contributed by atoms with Crippen LogP contribution < -0.4 is 11.1 Å². The molecule has 10 rings (SSSR count). The second-order valence-corrected chi connectivity index (χ2v) is 14.8. The quantitative estimate of drug-likeness (QED) is 0.0982. The van der Waals surface area contributed by atoms with E-state index in [1.807, 2.05) is 47.7 Å². The monoisotopic (exact) mass is 713 g/mol. The van der Waals surface area contributed by atoms with Gasteiger partial charge in [0.2, 0.25) is 0 Å². The molecule has 10 aromatic rings. The van der Waals surface area contributed by atoms with E-state index in [0.717, 1.165) is 55.6 Å². The molecule has 1 atom stereocenters. The van der Waals surface area contributed by atoms with Gasteiger partial charge >= 0.3 is 0 Å². The van der Waals surface area contributed by atoms with Gasteiger partial charge in [0.1, 0.15) is 23.2 Å². The number of nitrogens with zero attached hydrogens (tertiary/aromatic N) is 1. The summed E-state index contributed by atoms with van der Waals surface area (Å²) in [5.41, 5.74) is 16.5. The lowest BCUT2D eigenvalue weighted by Crippen LogP contribution is -2.34. The van der Waals surface area contributed by atoms with Crippen LogP contribution in [0.3, 0.4) is 0 Å². The average Bonchev–Trinajstić information content (AvgIpc) is 3.81. The number of hydrogen-bond acceptors (Lipinski definition) is 4. The van der Waals surface area contributed by atoms with Gasteiger partial charge in [0.15, 0.2) is 0 Å². The normalized spacial score (nSPS) is 12.6. The highest BCUT2D eigenvalue weighted by Crippen LogP contribution is 2.43. The number of para-hydroxylation sites is 1. The molecule has 1 unspecified atom stereocenters. The molecule has 0 saturated heterocycles. The topological polar surface area (TPSA) is 63.5 Å². The van der Waals surface area contributed by atoms with Crippen LogP contribution in [0.5, 0.6) is 0 Å². The summed E-state index contributed by atoms with van der Waals surface area (Å²) in [6.07, 6.45) is -0.491. The fourth-order valence-corrected chi connectivity index (χ4v) is 8.93. The molecular weight excluding hydrogens is 679 g/mol. The van der Waals surface area contributed by atoms with Crippen LogP contribution >= 0.6 is 11.3 Å². The molecule has 258 valence electrons. The molecule has 4 nitrogen and oxygen atoms in total. The van der Waals surface area contributed by atoms with Crippen molar-refractivity contribution in [2.45, 2.75) is 12.7 Å². The van der Waals surface area contributed by atoms with Crippen LogP contribution in [-0.2, 0) is 6.54 Å². The maximum Gasteiger partial charge on any atom is 0.136 e. The summed E-state index contributed by atoms with van der Waals surface area (Å²) in [6.45, 7) is 0.445. The summed E-state index contributed by atoms with van der Waals surface area (Å²) >= 11 is 1.84. The Balaban J connectivity index is 1.04. The van der Waals surface area contributed by atoms with Crippen LogP contribution in [0.15, 0.2) is 185 Å². The van der Waals surface area contributed by atoms with Crippen LogP contribution in [0.2, 0.25) is 0 Å². The fourth-order valence-electron chi connectivity index (χ4n) is 7.73. The number of aliphatic imine (C=N–C) groups is 1. The predicted molar refractivity (Wildman–Crippen MR) is 228 cm³/mol. The molecule has 5 heteroatoms. The van der Waals surface area contributed by atoms with E-state index in [1.54, 1.807) is 0 Å². The van der Waals surface area contributed by atoms with Gasteiger partial charge in [0, 0.05) is 41.9 Å². The second kappa shape index (κ2) is 13.5. The predicted octanol–water partition coefficient (Wildman–Crippen LogP) is 12.6. The van der Waals surface area contributed by atoms with Crippen LogP contribution in [0.1, 0.15) is 22.9 Å². The van der Waals surface area contributed by atoms with Crippen LogP contribution in [-0.4, -0.2) is 5.84 Å². The van der Waals surface area contributed by atoms with Crippen molar-refractivity contribution in [1.29, 1.82) is 0 Å². The number of nitrogens with two attached hydrogens (primary N) is 1. The third-order valence-corrected chi connectivity index (χ3v) is 11.5. The summed E-state index contributed by atoms with van der Waals surface area (Å²) < 4.78 is 8.93. The number of furan rings is 1. The summed E-state index contributed by atoms with van der Waals surface area (Å²) in [4.78, 5) is 5.19. The first kappa shape index (κ1) is 32.1. The Kier molecular flexibility index (Phi) is 8.02. The van der Waals surface area contributed by atoms with Crippen LogP contribution in [0.4, 0.5) is 0 Å². The van der Waals surface area contributed by atoms with Crippen molar-refractivity contribution in [3.05, 3.63) is 193 Å². The molecule has 8 aromatic carbocycles. The van der Waals surface area contributed by atoms with E-state index in [-0.39, 0.29) is 0 Å². The maximum atomic E-state index is 7.03. The molecule has 0 aliphatic rings. The van der Waals surface area contributed by atoms with Crippen molar-refractivity contribution in [1.82, 2.24) is 5.32 Å². The molecule has 0 saturated carbocycles. The molecule has 0 radical (unpaired) electrons. The van der Waals surface area contributed by atoms with Gasteiger partial charge in [0.05, 0.1) is 6.54 Å². The Morgan fingerprint density at radius 2 is 1.22 bits per heavy atom. The Morgan fingerprint density at radius 1 is 0.574 bits per heavy atom. The molecule has 54 heavy (non-hydrogen) atoms. The van der Waals surface area contributed by atoms with E-state index in [1.165, 1.54) is 42.1 Å². The minimum atomic E-state index is -0.491. The van der Waals surface area contributed by atoms with Crippen molar-refractivity contribution in [3.63, 3.8) is 0 Å². The fraction of sp³-hybridized carbons (Fsp3) is 0.0408. The minimum absolute atomic E-state index is 0.445. The number of rotatable bonds is 7. The smallest absolute Gasteiger partial charge is 0.136 e. The van der Waals surface area contributed by atoms with Crippen LogP contribution in [0.25, 0.3) is 75.1 Å². The van der Waals surface area contributed by atoms with Crippen molar-refractivity contribution in [2.24, 2.45) is 10.7 Å². The Morgan fingerprint density at radius 3 is 1.98 bits per heavy atom. The van der Waals surface area contributed by atoms with E-state index < -0.39 is 6.17 Å². The molecule has 0 fully saturated rings. The first-order valence-electron chi connectivity index (χ1n) is 18.2. The van der Waals surface area contributed by atoms with Gasteiger partial charge in [-0.2, -0.15) is 0 Å². The van der Waals surface area contributed by atoms with Gasteiger partial charge in [-0.05, 0) is 75.2 Å². The molecule has 0 bridgehead atoms. The molecule has 2 heterocycles. The molecule has 0 spiro atoms. The van der Waals surface area contributed by atoms with E-state index in [2.05, 4.69) is 145 Å². The Bertz CT molecular complexity index is 3000. The maximum absolute atomic E-state index is 7.03. The standard InChI is InChI=1S/C49H35N3OS/c50-48(35-24-25-45-41(28-35)42-29-39(32-14-4-1-5-15-32)36-20-10-11-21-37(36)47(42)54-45)52-49(34-18-8-3-9-19-34)51-30-31-26-40(33-16-6-2-7-17-33)46-38-22-12-13-23-43(38)53-44(46)27-31/h1-29,48H,30,50H2,(H,51,52). The highest BCUT2D eigenvalue weighted by atomic mass is 32.1. The van der Waals surface area contributed by atoms with E-state index >= 15 is 0 Å². The van der Waals surface area contributed by atoms with Crippen molar-refractivity contribution >= 4 is 70.1 Å². The molecule has 0 amide bonds. The average molecular weight is 714 g/mol. The highest BCUT2D eigenvalue weighted by molar-refractivity contribution is 7.26. The third-order valence-electron chi connectivity index (χ3n) is 10.3. The summed E-state index contributed by atoms with van der Waals surface area (Å²) in [5.74, 6) is 0.738. The number of fused-ring (bicyclic) bond motifs is 8. The molecule has 0 aliphatic heterocycles. The molecule has 3 N–H and O–H groups in total. The lowest BCUT2D eigenvalue weighted by molar-refractivity contribution is 0.668. The number of hydrogen-bond donors (Lipinski definition) is 2. The van der Waals surface area contributed by atoms with Gasteiger partial charge in [-0.25, -0.2) is 0 Å². The first-order chi connectivity index (χ1) is 26.7. The van der Waals surface area contributed by atoms with Crippen molar-refractivity contribution in [3.8, 4) is 22.3 Å². The Labute approximate surface area is 316 Å². The summed E-state index contributed by atoms with van der Waals surface area (Å²) in [5, 5.41) is 10.8. The largest absolute Gasteiger partial charge is 0.456 e. The van der Waals surface area contributed by atoms with E-state index in [9.17, 15) is 0 Å². The molecular formula is C49H35N3OS. The third kappa shape index (κ3) is 5.71. The lowest BCUT2D eigenvalue weighted by atomic mass is 9.95. The number of benzene rings is 8. The minimum Gasteiger partial charge on any atom is -0.456 e. The first-order valence-corrected chi connectivity index (χ1v) is 19.0. The zero-order chi connectivity index (χ0) is 36.0. The number of nitrogens with one attached hydrogen (secondary N) is 1. The second-order valence-electron chi connectivity index (χ2n) is 13.7. The van der Waals surface area contributed by atoms with Gasteiger partial charge in [-0.1, -0.05) is 140 Å². The SMILES string of the molecule is NC(NC(=NCc1cc(-c2ccccc2)c2c(c1)oc1ccccc12)c1ccccc1)c1ccc2sc3c4ccccc4c(-c4ccccc4)cc3c2c1. The summed E-state index contributed by atoms with van der Waals surface area (Å²) in [7, 11) is 0. The van der Waals surface area contributed by atoms with Crippen molar-refractivity contribution in [2.75, 3.05) is 0 Å². The highest BCUT2D eigenvalue weighted by Gasteiger charge is 2.18. The van der Waals surface area contributed by atoms with Gasteiger partial charge in [-0.3, -0.25) is 4.99 Å². The van der Waals surface area contributed by atoms with Gasteiger partial charge < -0.3 is 15.5 Å². The van der Waals surface area contributed by atoms with Gasteiger partial charge in [0.25, 0.3) is 0 Å². The zero-order valence-electron chi connectivity index (χ0n) is 29.4. The summed E-state index contributed by atoms with van der Waals surface area (Å²) in [6, 6.07) is 61.7. The van der Waals surface area contributed by atoms with Gasteiger partial charge in [-0.15, -0.1) is 11.3 Å². The van der Waals surface area contributed by atoms with Crippen LogP contribution in [0, 0.1) is 0 Å². The number of amidine groups is 1. The molecule has 0 aliphatic carbocycles. The van der Waals surface area contributed by atoms with Crippen molar-refractivity contribution < 1.29 is 4.42 Å². The number of thiophene rings is 1. The Hall–Kier alpha value is -6.53. The zero-order valence-corrected chi connectivity index (χ0v) is 30.2. The van der Waals surface area contributed by atoms with E-state index in [0.29, 0.717) is 6.54 Å².